The molecule has 2 heterocycles. The van der Waals surface area contributed by atoms with Crippen LogP contribution in [0.2, 0.25) is 0 Å². The van der Waals surface area contributed by atoms with Gasteiger partial charge in [0.15, 0.2) is 0 Å². The second-order valence-corrected chi connectivity index (χ2v) is 18.7. The Morgan fingerprint density at radius 1 is 0.600 bits per heavy atom. The number of aromatic nitrogens is 2. The van der Waals surface area contributed by atoms with Crippen molar-refractivity contribution < 1.29 is 34.2 Å². The molecule has 0 amide bonds. The minimum atomic E-state index is -4.97. The SMILES string of the molecule is Cc1cc2c(n1-c1ccc(F)[c]([Ti]([C]3=CC=CC3)([C]3=CC=CC3)[c]3c(F)ccc(-n4c(C)cc5c4CCC5)c3F)c1F)CCC2. The van der Waals surface area contributed by atoms with Crippen LogP contribution in [0.1, 0.15) is 59.6 Å². The van der Waals surface area contributed by atoms with Gasteiger partial charge in [0.1, 0.15) is 0 Å². The molecule has 0 unspecified atom stereocenters. The fourth-order valence-corrected chi connectivity index (χ4v) is 16.8. The third-order valence-corrected chi connectivity index (χ3v) is 18.3. The molecule has 0 bridgehead atoms. The molecule has 0 saturated carbocycles. The van der Waals surface area contributed by atoms with E-state index in [9.17, 15) is 0 Å². The van der Waals surface area contributed by atoms with Crippen molar-refractivity contribution in [3.63, 3.8) is 0 Å². The maximum atomic E-state index is 17.6. The first kappa shape index (κ1) is 28.8. The number of allylic oxidation sites excluding steroid dienone is 8. The molecule has 8 rings (SSSR count). The molecule has 4 aliphatic carbocycles. The fourth-order valence-electron chi connectivity index (χ4n) is 8.59. The van der Waals surface area contributed by atoms with Crippen LogP contribution in [-0.4, -0.2) is 9.13 Å². The van der Waals surface area contributed by atoms with Gasteiger partial charge in [-0.3, -0.25) is 0 Å². The van der Waals surface area contributed by atoms with Crippen molar-refractivity contribution in [2.75, 3.05) is 0 Å². The molecule has 0 fully saturated rings. The Morgan fingerprint density at radius 2 is 1.04 bits per heavy atom. The van der Waals surface area contributed by atoms with Crippen LogP contribution in [0.15, 0.2) is 80.6 Å². The van der Waals surface area contributed by atoms with Crippen molar-refractivity contribution in [3.8, 4) is 11.4 Å². The van der Waals surface area contributed by atoms with Gasteiger partial charge in [0, 0.05) is 0 Å². The van der Waals surface area contributed by atoms with Crippen LogP contribution in [0.4, 0.5) is 17.6 Å². The Morgan fingerprint density at radius 3 is 1.44 bits per heavy atom. The fraction of sp³-hybridized carbons (Fsp3) is 0.263. The van der Waals surface area contributed by atoms with Crippen molar-refractivity contribution in [1.29, 1.82) is 0 Å². The molecule has 0 spiro atoms. The average Bonchev–Trinajstić information content (AvgIpc) is 3.85. The molecular formula is C38H34F4N2Ti. The summed E-state index contributed by atoms with van der Waals surface area (Å²) in [6.07, 6.45) is 17.4. The van der Waals surface area contributed by atoms with Crippen LogP contribution in [0.5, 0.6) is 0 Å². The van der Waals surface area contributed by atoms with Gasteiger partial charge in [0.05, 0.1) is 0 Å². The van der Waals surface area contributed by atoms with Crippen LogP contribution < -0.4 is 7.74 Å². The zero-order valence-electron chi connectivity index (χ0n) is 25.5. The van der Waals surface area contributed by atoms with Crippen LogP contribution in [0.3, 0.4) is 0 Å². The predicted molar refractivity (Wildman–Crippen MR) is 168 cm³/mol. The number of halogens is 4. The number of hydrogen-bond donors (Lipinski definition) is 0. The summed E-state index contributed by atoms with van der Waals surface area (Å²) >= 11 is -4.97. The van der Waals surface area contributed by atoms with Gasteiger partial charge < -0.3 is 0 Å². The van der Waals surface area contributed by atoms with E-state index in [-0.39, 0.29) is 19.1 Å². The molecule has 228 valence electrons. The molecule has 4 aromatic rings. The first-order valence-corrected chi connectivity index (χ1v) is 19.0. The molecule has 7 heteroatoms. The van der Waals surface area contributed by atoms with Gasteiger partial charge in [0.25, 0.3) is 0 Å². The Hall–Kier alpha value is -3.61. The summed E-state index contributed by atoms with van der Waals surface area (Å²) in [6, 6.07) is 9.75. The van der Waals surface area contributed by atoms with Gasteiger partial charge in [0.2, 0.25) is 0 Å². The monoisotopic (exact) mass is 642 g/mol. The topological polar surface area (TPSA) is 9.86 Å². The van der Waals surface area contributed by atoms with E-state index in [2.05, 4.69) is 12.1 Å². The van der Waals surface area contributed by atoms with E-state index < -0.39 is 39.9 Å². The number of nitrogens with zero attached hydrogens (tertiary/aromatic N) is 2. The normalized spacial score (nSPS) is 16.9. The van der Waals surface area contributed by atoms with Gasteiger partial charge in [-0.05, 0) is 0 Å². The van der Waals surface area contributed by atoms with Crippen molar-refractivity contribution in [2.45, 2.75) is 65.2 Å². The number of aryl methyl sites for hydroxylation is 4. The zero-order chi connectivity index (χ0) is 31.0. The maximum absolute atomic E-state index is 17.6. The molecule has 45 heavy (non-hydrogen) atoms. The second kappa shape index (κ2) is 10.7. The molecule has 0 radical (unpaired) electrons. The summed E-state index contributed by atoms with van der Waals surface area (Å²) in [6.45, 7) is 3.87. The number of hydrogen-bond acceptors (Lipinski definition) is 0. The molecule has 0 aliphatic heterocycles. The molecule has 2 nitrogen and oxygen atoms in total. The molecule has 2 aromatic heterocycles. The summed E-state index contributed by atoms with van der Waals surface area (Å²) in [4.78, 5) is 0. The number of fused-ring (bicyclic) bond motifs is 2. The van der Waals surface area contributed by atoms with Gasteiger partial charge in [-0.2, -0.15) is 0 Å². The Kier molecular flexibility index (Phi) is 6.88. The van der Waals surface area contributed by atoms with E-state index in [1.54, 1.807) is 0 Å². The summed E-state index contributed by atoms with van der Waals surface area (Å²) in [5, 5.41) is 0. The molecule has 2 aromatic carbocycles. The molecule has 0 N–H and O–H groups in total. The number of benzene rings is 2. The second-order valence-electron chi connectivity index (χ2n) is 12.8. The Bertz CT molecular complexity index is 1890. The first-order chi connectivity index (χ1) is 21.8. The standard InChI is InChI=1S/2C14H12F2N.2C5H5.Ti/c2*1-9-7-10-3-2-4-13(10)17(9)14-6-5-11(15)8-12(14)16;2*1-2-4-5-3-1;/h2*5-7H,2-4H2,1H3;2*1-3H,4H2;. The van der Waals surface area contributed by atoms with Crippen LogP contribution >= 0.6 is 0 Å². The van der Waals surface area contributed by atoms with Gasteiger partial charge >= 0.3 is 265 Å². The van der Waals surface area contributed by atoms with Crippen molar-refractivity contribution in [2.24, 2.45) is 0 Å². The van der Waals surface area contributed by atoms with Crippen LogP contribution in [0.25, 0.3) is 11.4 Å². The Balaban J connectivity index is 1.47. The van der Waals surface area contributed by atoms with E-state index in [4.69, 9.17) is 0 Å². The van der Waals surface area contributed by atoms with Gasteiger partial charge in [-0.25, -0.2) is 0 Å². The van der Waals surface area contributed by atoms with Gasteiger partial charge in [-0.1, -0.05) is 0 Å². The third kappa shape index (κ3) is 4.11. The quantitative estimate of drug-likeness (QED) is 0.148. The summed E-state index contributed by atoms with van der Waals surface area (Å²) in [5.41, 5.74) is 6.64. The molecule has 0 atom stereocenters. The first-order valence-electron chi connectivity index (χ1n) is 15.9. The van der Waals surface area contributed by atoms with E-state index in [0.29, 0.717) is 12.8 Å². The van der Waals surface area contributed by atoms with E-state index in [0.717, 1.165) is 69.1 Å². The van der Waals surface area contributed by atoms with Crippen LogP contribution in [-0.2, 0) is 42.3 Å². The minimum absolute atomic E-state index is 0.151. The Labute approximate surface area is 264 Å². The van der Waals surface area contributed by atoms with E-state index in [1.165, 1.54) is 35.4 Å². The van der Waals surface area contributed by atoms with Gasteiger partial charge in [-0.15, -0.1) is 0 Å². The summed E-state index contributed by atoms with van der Waals surface area (Å²) in [7, 11) is 0. The van der Waals surface area contributed by atoms with Crippen molar-refractivity contribution in [1.82, 2.24) is 9.13 Å². The van der Waals surface area contributed by atoms with E-state index in [1.807, 2.05) is 59.4 Å². The molecule has 4 aliphatic rings. The molecular weight excluding hydrogens is 608 g/mol. The third-order valence-electron chi connectivity index (χ3n) is 10.4. The van der Waals surface area contributed by atoms with E-state index >= 15 is 17.6 Å². The van der Waals surface area contributed by atoms with Crippen LogP contribution in [0, 0.1) is 37.1 Å². The summed E-state index contributed by atoms with van der Waals surface area (Å²) in [5.74, 6) is -2.93. The molecule has 0 saturated heterocycles. The number of rotatable bonds is 6. The average molecular weight is 643 g/mol. The zero-order valence-corrected chi connectivity index (χ0v) is 27.1. The van der Waals surface area contributed by atoms with Crippen molar-refractivity contribution >= 4 is 7.74 Å². The van der Waals surface area contributed by atoms with Crippen molar-refractivity contribution in [3.05, 3.63) is 138 Å². The summed E-state index contributed by atoms with van der Waals surface area (Å²) < 4.78 is 73.4. The predicted octanol–water partition coefficient (Wildman–Crippen LogP) is 8.21.